The molecule has 3 heterocycles. The van der Waals surface area contributed by atoms with Crippen LogP contribution in [0.3, 0.4) is 0 Å². The van der Waals surface area contributed by atoms with Crippen LogP contribution in [0.1, 0.15) is 39.0 Å². The minimum absolute atomic E-state index is 0.147. The number of sulfonamides is 1. The lowest BCUT2D eigenvalue weighted by Gasteiger charge is -2.26. The number of hydrogen-bond acceptors (Lipinski definition) is 7. The van der Waals surface area contributed by atoms with Crippen molar-refractivity contribution < 1.29 is 21.9 Å². The largest absolute Gasteiger partial charge is 0.392 e. The summed E-state index contributed by atoms with van der Waals surface area (Å²) in [6, 6.07) is 6.27. The summed E-state index contributed by atoms with van der Waals surface area (Å²) in [5, 5.41) is 14.1. The van der Waals surface area contributed by atoms with Crippen LogP contribution in [0.4, 0.5) is 5.82 Å². The molecular weight excluding hydrogens is 438 g/mol. The first kappa shape index (κ1) is 22.4. The zero-order valence-corrected chi connectivity index (χ0v) is 19.2. The van der Waals surface area contributed by atoms with E-state index in [1.165, 1.54) is 4.31 Å². The second kappa shape index (κ2) is 8.65. The molecule has 10 heteroatoms. The second-order valence-electron chi connectivity index (χ2n) is 8.47. The third kappa shape index (κ3) is 4.44. The monoisotopic (exact) mass is 467 g/mol. The Morgan fingerprint density at radius 1 is 1.23 bits per heavy atom. The molecule has 0 aliphatic carbocycles. The number of fused-ring (bicyclic) bond motifs is 1. The molecule has 170 valence electrons. The van der Waals surface area contributed by atoms with Crippen LogP contribution >= 0.6 is 0 Å². The van der Waals surface area contributed by atoms with E-state index in [0.29, 0.717) is 43.4 Å². The number of anilines is 1. The van der Waals surface area contributed by atoms with Crippen molar-refractivity contribution >= 4 is 36.5 Å². The van der Waals surface area contributed by atoms with Gasteiger partial charge in [-0.25, -0.2) is 21.8 Å². The van der Waals surface area contributed by atoms with E-state index in [2.05, 4.69) is 10.3 Å². The number of nitrogens with zero attached hydrogens (tertiary/aromatic N) is 2. The summed E-state index contributed by atoms with van der Waals surface area (Å²) in [4.78, 5) is 4.50. The zero-order chi connectivity index (χ0) is 22.2. The highest BCUT2D eigenvalue weighted by atomic mass is 32.2. The fourth-order valence-electron chi connectivity index (χ4n) is 4.59. The Kier molecular flexibility index (Phi) is 6.26. The molecule has 0 radical (unpaired) electrons. The van der Waals surface area contributed by atoms with Crippen molar-refractivity contribution in [1.82, 2.24) is 9.29 Å². The van der Waals surface area contributed by atoms with Crippen LogP contribution in [0.2, 0.25) is 0 Å². The number of aliphatic hydroxyl groups is 1. The molecule has 3 atom stereocenters. The molecule has 31 heavy (non-hydrogen) atoms. The minimum atomic E-state index is -3.77. The van der Waals surface area contributed by atoms with Gasteiger partial charge in [0.05, 0.1) is 28.0 Å². The lowest BCUT2D eigenvalue weighted by atomic mass is 10.1. The van der Waals surface area contributed by atoms with Crippen molar-refractivity contribution in [1.29, 1.82) is 0 Å². The second-order valence-corrected chi connectivity index (χ2v) is 12.8. The normalized spacial score (nSPS) is 25.5. The minimum Gasteiger partial charge on any atom is -0.392 e. The van der Waals surface area contributed by atoms with Gasteiger partial charge in [-0.3, -0.25) is 0 Å². The van der Waals surface area contributed by atoms with Crippen LogP contribution in [0, 0.1) is 0 Å². The van der Waals surface area contributed by atoms with Gasteiger partial charge in [-0.15, -0.1) is 0 Å². The van der Waals surface area contributed by atoms with E-state index in [0.717, 1.165) is 11.8 Å². The van der Waals surface area contributed by atoms with Crippen molar-refractivity contribution in [2.24, 2.45) is 0 Å². The number of nitrogens with one attached hydrogen (secondary N) is 1. The first-order valence-electron chi connectivity index (χ1n) is 10.7. The van der Waals surface area contributed by atoms with Crippen LogP contribution in [0.5, 0.6) is 0 Å². The summed E-state index contributed by atoms with van der Waals surface area (Å²) >= 11 is 0. The van der Waals surface area contributed by atoms with Gasteiger partial charge >= 0.3 is 0 Å². The van der Waals surface area contributed by atoms with Crippen molar-refractivity contribution in [3.05, 3.63) is 30.5 Å². The Labute approximate surface area is 183 Å². The summed E-state index contributed by atoms with van der Waals surface area (Å²) in [5.41, 5.74) is 0. The van der Waals surface area contributed by atoms with E-state index in [4.69, 9.17) is 0 Å². The van der Waals surface area contributed by atoms with Crippen molar-refractivity contribution in [3.8, 4) is 0 Å². The van der Waals surface area contributed by atoms with Gasteiger partial charge in [0.1, 0.15) is 5.82 Å². The molecule has 2 fully saturated rings. The standard InChI is InChI=1S/C21H29N3O5S2/c1-15(25)20-6-4-11-24(20)31(28,29)17-8-7-16-9-10-22-21(19(16)13-17)23-14-18-5-2-3-12-30(18,26)27/h7-10,13,15,18,20,25H,2-6,11-12,14H2,1H3,(H,22,23)/t15?,18?,20-/m1/s1. The molecule has 4 rings (SSSR count). The number of pyridine rings is 1. The first-order valence-corrected chi connectivity index (χ1v) is 13.9. The van der Waals surface area contributed by atoms with Gasteiger partial charge in [-0.2, -0.15) is 4.31 Å². The molecule has 0 bridgehead atoms. The van der Waals surface area contributed by atoms with Crippen LogP contribution in [-0.2, 0) is 19.9 Å². The van der Waals surface area contributed by atoms with Gasteiger partial charge in [0.15, 0.2) is 9.84 Å². The van der Waals surface area contributed by atoms with Crippen LogP contribution in [0.15, 0.2) is 35.4 Å². The predicted octanol–water partition coefficient (Wildman–Crippen LogP) is 2.15. The first-order chi connectivity index (χ1) is 14.7. The Balaban J connectivity index is 1.64. The molecule has 2 aliphatic heterocycles. The highest BCUT2D eigenvalue weighted by Gasteiger charge is 2.37. The van der Waals surface area contributed by atoms with Gasteiger partial charge in [0.25, 0.3) is 0 Å². The summed E-state index contributed by atoms with van der Waals surface area (Å²) < 4.78 is 52.6. The molecule has 8 nitrogen and oxygen atoms in total. The van der Waals surface area contributed by atoms with E-state index in [9.17, 15) is 21.9 Å². The highest BCUT2D eigenvalue weighted by Crippen LogP contribution is 2.31. The number of aliphatic hydroxyl groups excluding tert-OH is 1. The quantitative estimate of drug-likeness (QED) is 0.668. The number of aromatic nitrogens is 1. The lowest BCUT2D eigenvalue weighted by molar-refractivity contribution is 0.123. The van der Waals surface area contributed by atoms with Crippen LogP contribution in [0.25, 0.3) is 10.8 Å². The lowest BCUT2D eigenvalue weighted by Crippen LogP contribution is -2.41. The molecule has 2 N–H and O–H groups in total. The highest BCUT2D eigenvalue weighted by molar-refractivity contribution is 7.92. The molecule has 0 amide bonds. The van der Waals surface area contributed by atoms with Gasteiger partial charge in [-0.05, 0) is 56.2 Å². The fraction of sp³-hybridized carbons (Fsp3) is 0.571. The Morgan fingerprint density at radius 2 is 2.03 bits per heavy atom. The van der Waals surface area contributed by atoms with Gasteiger partial charge in [0.2, 0.25) is 10.0 Å². The average molecular weight is 468 g/mol. The van der Waals surface area contributed by atoms with E-state index in [1.807, 2.05) is 0 Å². The Hall–Kier alpha value is -1.75. The van der Waals surface area contributed by atoms with Gasteiger partial charge in [-0.1, -0.05) is 12.5 Å². The molecule has 0 saturated carbocycles. The Morgan fingerprint density at radius 3 is 2.77 bits per heavy atom. The zero-order valence-electron chi connectivity index (χ0n) is 17.6. The SMILES string of the molecule is CC(O)[C@H]1CCCN1S(=O)(=O)c1ccc2ccnc(NCC3CCCCS3(=O)=O)c2c1. The summed E-state index contributed by atoms with van der Waals surface area (Å²) in [5.74, 6) is 0.689. The summed E-state index contributed by atoms with van der Waals surface area (Å²) in [6.07, 6.45) is 4.44. The van der Waals surface area contributed by atoms with Crippen molar-refractivity contribution in [2.75, 3.05) is 24.2 Å². The average Bonchev–Trinajstić information content (AvgIpc) is 3.23. The van der Waals surface area contributed by atoms with Crippen LogP contribution < -0.4 is 5.32 Å². The Bertz CT molecular complexity index is 1160. The fourth-order valence-corrected chi connectivity index (χ4v) is 8.18. The van der Waals surface area contributed by atoms with Gasteiger partial charge < -0.3 is 10.4 Å². The molecule has 2 saturated heterocycles. The maximum atomic E-state index is 13.3. The van der Waals surface area contributed by atoms with E-state index in [1.54, 1.807) is 37.4 Å². The maximum Gasteiger partial charge on any atom is 0.243 e. The van der Waals surface area contributed by atoms with Crippen LogP contribution in [-0.4, -0.2) is 67.5 Å². The molecule has 2 aliphatic rings. The third-order valence-electron chi connectivity index (χ3n) is 6.36. The predicted molar refractivity (Wildman–Crippen MR) is 120 cm³/mol. The molecule has 1 aromatic heterocycles. The topological polar surface area (TPSA) is 117 Å². The van der Waals surface area contributed by atoms with E-state index >= 15 is 0 Å². The third-order valence-corrected chi connectivity index (χ3v) is 10.6. The van der Waals surface area contributed by atoms with Crippen molar-refractivity contribution in [2.45, 2.75) is 61.3 Å². The summed E-state index contributed by atoms with van der Waals surface area (Å²) in [7, 11) is -6.89. The maximum absolute atomic E-state index is 13.3. The molecule has 1 aromatic carbocycles. The number of hydrogen-bond donors (Lipinski definition) is 2. The number of benzene rings is 1. The van der Waals surface area contributed by atoms with E-state index < -0.39 is 37.3 Å². The van der Waals surface area contributed by atoms with E-state index in [-0.39, 0.29) is 17.2 Å². The molecule has 2 aromatic rings. The van der Waals surface area contributed by atoms with Gasteiger partial charge in [0, 0.05) is 24.7 Å². The molecule has 2 unspecified atom stereocenters. The van der Waals surface area contributed by atoms with Crippen molar-refractivity contribution in [3.63, 3.8) is 0 Å². The smallest absolute Gasteiger partial charge is 0.243 e. The number of sulfone groups is 1. The number of rotatable bonds is 6. The summed E-state index contributed by atoms with van der Waals surface area (Å²) in [6.45, 7) is 2.25. The molecule has 0 spiro atoms. The molecular formula is C21H29N3O5S2.